The summed E-state index contributed by atoms with van der Waals surface area (Å²) in [5.74, 6) is 0.627. The molecule has 0 saturated carbocycles. The van der Waals surface area contributed by atoms with Crippen molar-refractivity contribution in [3.63, 3.8) is 0 Å². The van der Waals surface area contributed by atoms with E-state index in [1.54, 1.807) is 0 Å². The van der Waals surface area contributed by atoms with Crippen molar-refractivity contribution in [2.45, 2.75) is 71.1 Å². The molecule has 0 saturated heterocycles. The molecule has 0 bridgehead atoms. The van der Waals surface area contributed by atoms with Crippen LogP contribution in [0.4, 0.5) is 0 Å². The Balaban J connectivity index is 1.26. The van der Waals surface area contributed by atoms with Gasteiger partial charge in [0.25, 0.3) is 0 Å². The first-order valence-electron chi connectivity index (χ1n) is 18.1. The van der Waals surface area contributed by atoms with Crippen LogP contribution in [0.25, 0.3) is 66.2 Å². The van der Waals surface area contributed by atoms with Crippen LogP contribution in [-0.4, -0.2) is 4.98 Å². The van der Waals surface area contributed by atoms with E-state index < -0.39 is 0 Å². The maximum Gasteiger partial charge on any atom is 0.0701 e. The number of hydrogen-bond donors (Lipinski definition) is 0. The number of hydrogen-bond acceptors (Lipinski definition) is 1. The van der Waals surface area contributed by atoms with Crippen molar-refractivity contribution >= 4 is 21.5 Å². The Morgan fingerprint density at radius 2 is 1.39 bits per heavy atom. The van der Waals surface area contributed by atoms with Crippen molar-refractivity contribution < 1.29 is 0 Å². The summed E-state index contributed by atoms with van der Waals surface area (Å²) in [6.45, 7) is 9.38. The van der Waals surface area contributed by atoms with Crippen LogP contribution < -0.4 is 0 Å². The third-order valence-corrected chi connectivity index (χ3v) is 11.3. The molecular weight excluding hydrogens is 591 g/mol. The van der Waals surface area contributed by atoms with Crippen LogP contribution in [-0.2, 0) is 24.7 Å². The molecular formula is C48H43N. The maximum absolute atomic E-state index is 4.61. The van der Waals surface area contributed by atoms with Crippen molar-refractivity contribution in [3.8, 4) is 44.6 Å². The normalized spacial score (nSPS) is 15.6. The first-order chi connectivity index (χ1) is 23.8. The molecule has 1 aromatic heterocycles. The van der Waals surface area contributed by atoms with Gasteiger partial charge in [-0.3, -0.25) is 4.98 Å². The molecule has 1 unspecified atom stereocenters. The predicted octanol–water partition coefficient (Wildman–Crippen LogP) is 12.9. The third kappa shape index (κ3) is 5.19. The van der Waals surface area contributed by atoms with Crippen LogP contribution >= 0.6 is 0 Å². The number of nitrogens with zero attached hydrogens (tertiary/aromatic N) is 1. The van der Waals surface area contributed by atoms with Crippen LogP contribution in [0.2, 0.25) is 0 Å². The van der Waals surface area contributed by atoms with Gasteiger partial charge in [-0.25, -0.2) is 0 Å². The van der Waals surface area contributed by atoms with E-state index in [1.807, 2.05) is 12.3 Å². The Kier molecular flexibility index (Phi) is 7.09. The zero-order chi connectivity index (χ0) is 33.3. The van der Waals surface area contributed by atoms with E-state index >= 15 is 0 Å². The third-order valence-electron chi connectivity index (χ3n) is 11.3. The minimum atomic E-state index is 0.108. The summed E-state index contributed by atoms with van der Waals surface area (Å²) in [4.78, 5) is 4.61. The smallest absolute Gasteiger partial charge is 0.0701 e. The first kappa shape index (κ1) is 30.1. The van der Waals surface area contributed by atoms with Gasteiger partial charge in [0.2, 0.25) is 0 Å². The molecule has 0 N–H and O–H groups in total. The lowest BCUT2D eigenvalue weighted by Gasteiger charge is -2.27. The highest BCUT2D eigenvalue weighted by Gasteiger charge is 2.25. The van der Waals surface area contributed by atoms with Crippen molar-refractivity contribution in [1.29, 1.82) is 0 Å². The lowest BCUT2D eigenvalue weighted by Crippen LogP contribution is -2.13. The Bertz CT molecular complexity index is 2390. The molecule has 2 aliphatic rings. The highest BCUT2D eigenvalue weighted by atomic mass is 14.7. The monoisotopic (exact) mass is 633 g/mol. The summed E-state index contributed by atoms with van der Waals surface area (Å²) >= 11 is 0. The summed E-state index contributed by atoms with van der Waals surface area (Å²) in [6.07, 6.45) is 7.77. The summed E-state index contributed by atoms with van der Waals surface area (Å²) in [5.41, 5.74) is 17.5. The standard InChI is InChI=1S/C48H43N/c1-30-9-7-10-31-16-19-35(28-42(30)31)34-11-8-12-36(25-34)44-29-43(32-14-17-33(18-15-32)45-13-5-6-24-49-45)40-22-20-37-26-39(48(2,3)4)27-38-21-23-41(44)47(40)46(37)38/h5-6,8,11-19,21,23-30H,7,9-10,20,22H2,1-4H3. The van der Waals surface area contributed by atoms with Crippen LogP contribution in [0.15, 0.2) is 121 Å². The van der Waals surface area contributed by atoms with Crippen LogP contribution in [0, 0.1) is 0 Å². The first-order valence-corrected chi connectivity index (χ1v) is 18.1. The molecule has 0 radical (unpaired) electrons. The van der Waals surface area contributed by atoms with E-state index in [4.69, 9.17) is 0 Å². The summed E-state index contributed by atoms with van der Waals surface area (Å²) in [7, 11) is 0. The SMILES string of the molecule is CC1CCCc2ccc(-c3cccc(-c4cc(-c5ccc(-c6ccccn6)cc5)c5c6c4ccc4cc(C(C)(C)C)cc(c46)CC5)c3)cc21. The second kappa shape index (κ2) is 11.6. The number of aryl methyl sites for hydroxylation is 3. The van der Waals surface area contributed by atoms with E-state index in [-0.39, 0.29) is 5.41 Å². The van der Waals surface area contributed by atoms with Crippen molar-refractivity contribution in [2.24, 2.45) is 0 Å². The molecule has 0 fully saturated rings. The van der Waals surface area contributed by atoms with Crippen LogP contribution in [0.1, 0.15) is 74.3 Å². The van der Waals surface area contributed by atoms with E-state index in [0.717, 1.165) is 24.1 Å². The fraction of sp³-hybridized carbons (Fsp3) is 0.229. The maximum atomic E-state index is 4.61. The molecule has 1 heterocycles. The van der Waals surface area contributed by atoms with Crippen molar-refractivity contribution in [2.75, 3.05) is 0 Å². The van der Waals surface area contributed by atoms with E-state index in [0.29, 0.717) is 5.92 Å². The number of pyridine rings is 1. The molecule has 6 aromatic carbocycles. The number of benzene rings is 6. The van der Waals surface area contributed by atoms with E-state index in [1.165, 1.54) is 102 Å². The molecule has 2 aliphatic carbocycles. The predicted molar refractivity (Wildman–Crippen MR) is 208 cm³/mol. The summed E-state index contributed by atoms with van der Waals surface area (Å²) in [6, 6.07) is 43.9. The zero-order valence-corrected chi connectivity index (χ0v) is 29.1. The highest BCUT2D eigenvalue weighted by Crippen LogP contribution is 2.46. The lowest BCUT2D eigenvalue weighted by atomic mass is 9.77. The number of fused-ring (bicyclic) bond motifs is 1. The minimum Gasteiger partial charge on any atom is -0.256 e. The quantitative estimate of drug-likeness (QED) is 0.176. The van der Waals surface area contributed by atoms with Gasteiger partial charge in [-0.2, -0.15) is 0 Å². The van der Waals surface area contributed by atoms with Gasteiger partial charge < -0.3 is 0 Å². The van der Waals surface area contributed by atoms with Crippen LogP contribution in [0.5, 0.6) is 0 Å². The second-order valence-corrected chi connectivity index (χ2v) is 15.5. The average molecular weight is 634 g/mol. The topological polar surface area (TPSA) is 12.9 Å². The molecule has 9 rings (SSSR count). The largest absolute Gasteiger partial charge is 0.256 e. The fourth-order valence-electron chi connectivity index (χ4n) is 8.62. The fourth-order valence-corrected chi connectivity index (χ4v) is 8.62. The number of aromatic nitrogens is 1. The number of rotatable bonds is 4. The summed E-state index contributed by atoms with van der Waals surface area (Å²) in [5, 5.41) is 5.60. The van der Waals surface area contributed by atoms with Gasteiger partial charge in [0.15, 0.2) is 0 Å². The molecule has 240 valence electrons. The van der Waals surface area contributed by atoms with Gasteiger partial charge in [-0.15, -0.1) is 0 Å². The molecule has 1 atom stereocenters. The Morgan fingerprint density at radius 3 is 2.20 bits per heavy atom. The minimum absolute atomic E-state index is 0.108. The molecule has 0 aliphatic heterocycles. The van der Waals surface area contributed by atoms with Gasteiger partial charge in [-0.05, 0) is 150 Å². The van der Waals surface area contributed by atoms with Gasteiger partial charge >= 0.3 is 0 Å². The summed E-state index contributed by atoms with van der Waals surface area (Å²) < 4.78 is 0. The van der Waals surface area contributed by atoms with Gasteiger partial charge in [0.1, 0.15) is 0 Å². The lowest BCUT2D eigenvalue weighted by molar-refractivity contribution is 0.590. The van der Waals surface area contributed by atoms with Gasteiger partial charge in [0, 0.05) is 11.8 Å². The van der Waals surface area contributed by atoms with E-state index in [9.17, 15) is 0 Å². The molecule has 0 amide bonds. The molecule has 0 spiro atoms. The van der Waals surface area contributed by atoms with Crippen molar-refractivity contribution in [1.82, 2.24) is 4.98 Å². The van der Waals surface area contributed by atoms with Crippen molar-refractivity contribution in [3.05, 3.63) is 149 Å². The Hall–Kier alpha value is -5.01. The molecule has 49 heavy (non-hydrogen) atoms. The zero-order valence-electron chi connectivity index (χ0n) is 29.1. The van der Waals surface area contributed by atoms with Gasteiger partial charge in [-0.1, -0.05) is 119 Å². The highest BCUT2D eigenvalue weighted by molar-refractivity contribution is 6.17. The molecule has 1 nitrogen and oxygen atoms in total. The van der Waals surface area contributed by atoms with Crippen LogP contribution in [0.3, 0.4) is 0 Å². The van der Waals surface area contributed by atoms with Gasteiger partial charge in [0.05, 0.1) is 5.69 Å². The van der Waals surface area contributed by atoms with E-state index in [2.05, 4.69) is 142 Å². The Morgan fingerprint density at radius 1 is 0.592 bits per heavy atom. The Labute approximate surface area is 290 Å². The molecule has 7 aromatic rings. The average Bonchev–Trinajstić information content (AvgIpc) is 3.13. The molecule has 1 heteroatoms. The second-order valence-electron chi connectivity index (χ2n) is 15.5.